The maximum absolute atomic E-state index is 12.3. The quantitative estimate of drug-likeness (QED) is 0.465. The average molecular weight is 458 g/mol. The first-order valence-electron chi connectivity index (χ1n) is 10.2. The fourth-order valence-corrected chi connectivity index (χ4v) is 4.51. The van der Waals surface area contributed by atoms with Crippen molar-refractivity contribution in [2.75, 3.05) is 6.61 Å². The van der Waals surface area contributed by atoms with Crippen LogP contribution in [-0.4, -0.2) is 24.6 Å². The van der Waals surface area contributed by atoms with Gasteiger partial charge < -0.3 is 20.7 Å². The first-order valence-corrected chi connectivity index (χ1v) is 11.4. The minimum atomic E-state index is -0.245. The van der Waals surface area contributed by atoms with E-state index in [0.717, 1.165) is 38.9 Å². The molecule has 0 saturated heterocycles. The van der Waals surface area contributed by atoms with Gasteiger partial charge in [0.1, 0.15) is 5.75 Å². The van der Waals surface area contributed by atoms with Gasteiger partial charge in [-0.05, 0) is 66.6 Å². The fraction of sp³-hybridized carbons (Fsp3) is 0.304. The first-order chi connectivity index (χ1) is 15.0. The second-order valence-electron chi connectivity index (χ2n) is 7.60. The van der Waals surface area contributed by atoms with Crippen molar-refractivity contribution in [3.63, 3.8) is 0 Å². The summed E-state index contributed by atoms with van der Waals surface area (Å²) in [5, 5.41) is 10.5. The lowest BCUT2D eigenvalue weighted by atomic mass is 10.1. The Balaban J connectivity index is 1.25. The van der Waals surface area contributed by atoms with E-state index in [9.17, 15) is 9.59 Å². The van der Waals surface area contributed by atoms with Crippen LogP contribution in [0.4, 0.5) is 4.79 Å². The van der Waals surface area contributed by atoms with Gasteiger partial charge >= 0.3 is 6.03 Å². The molecule has 0 bridgehead atoms. The maximum Gasteiger partial charge on any atom is 0.315 e. The number of nitrogens with one attached hydrogen (secondary N) is 3. The molecular formula is C23H24ClN3O3S. The second kappa shape index (κ2) is 9.58. The van der Waals surface area contributed by atoms with E-state index in [2.05, 4.69) is 16.0 Å². The average Bonchev–Trinajstić information content (AvgIpc) is 3.52. The molecule has 8 heteroatoms. The molecule has 3 N–H and O–H groups in total. The lowest BCUT2D eigenvalue weighted by Crippen LogP contribution is -2.34. The number of ether oxygens (including phenoxy) is 1. The van der Waals surface area contributed by atoms with Gasteiger partial charge in [0.15, 0.2) is 6.61 Å². The number of carbonyl (C=O) groups is 2. The number of thiophene rings is 1. The Morgan fingerprint density at radius 2 is 1.94 bits per heavy atom. The number of halogens is 1. The van der Waals surface area contributed by atoms with Crippen LogP contribution in [0.2, 0.25) is 5.02 Å². The molecule has 0 spiro atoms. The molecule has 0 unspecified atom stereocenters. The molecule has 3 amide bonds. The van der Waals surface area contributed by atoms with E-state index in [4.69, 9.17) is 16.3 Å². The first kappa shape index (κ1) is 21.5. The highest BCUT2D eigenvalue weighted by molar-refractivity contribution is 7.19. The third-order valence-corrected chi connectivity index (χ3v) is 6.58. The smallest absolute Gasteiger partial charge is 0.315 e. The van der Waals surface area contributed by atoms with Crippen molar-refractivity contribution in [3.8, 4) is 5.75 Å². The zero-order valence-electron chi connectivity index (χ0n) is 17.2. The van der Waals surface area contributed by atoms with Crippen molar-refractivity contribution in [2.45, 2.75) is 38.9 Å². The Morgan fingerprint density at radius 1 is 1.13 bits per heavy atom. The molecule has 1 aliphatic carbocycles. The van der Waals surface area contributed by atoms with Gasteiger partial charge in [-0.1, -0.05) is 23.7 Å². The summed E-state index contributed by atoms with van der Waals surface area (Å²) in [5.74, 6) is 0.495. The molecule has 2 aromatic carbocycles. The number of urea groups is 1. The summed E-state index contributed by atoms with van der Waals surface area (Å²) in [4.78, 5) is 25.1. The van der Waals surface area contributed by atoms with Gasteiger partial charge in [0.05, 0.1) is 6.54 Å². The lowest BCUT2D eigenvalue weighted by molar-refractivity contribution is -0.123. The number of benzene rings is 2. The monoisotopic (exact) mass is 457 g/mol. The van der Waals surface area contributed by atoms with Crippen LogP contribution in [0.3, 0.4) is 0 Å². The number of fused-ring (bicyclic) bond motifs is 1. The number of carbonyl (C=O) groups excluding carboxylic acids is 2. The molecule has 31 heavy (non-hydrogen) atoms. The van der Waals surface area contributed by atoms with E-state index < -0.39 is 0 Å². The molecule has 162 valence electrons. The SMILES string of the molecule is Cc1c(CNC(=O)NCc2cccc(OCC(=O)NC3CC3)c2)sc2ccc(Cl)cc12. The summed E-state index contributed by atoms with van der Waals surface area (Å²) >= 11 is 7.75. The van der Waals surface area contributed by atoms with Crippen molar-refractivity contribution in [1.82, 2.24) is 16.0 Å². The summed E-state index contributed by atoms with van der Waals surface area (Å²) in [5.41, 5.74) is 2.03. The van der Waals surface area contributed by atoms with Gasteiger partial charge in [0.25, 0.3) is 5.91 Å². The molecule has 1 aromatic heterocycles. The third kappa shape index (κ3) is 5.89. The highest BCUT2D eigenvalue weighted by Crippen LogP contribution is 2.32. The summed E-state index contributed by atoms with van der Waals surface area (Å²) in [6.45, 7) is 2.85. The van der Waals surface area contributed by atoms with Gasteiger partial charge in [0, 0.05) is 27.2 Å². The van der Waals surface area contributed by atoms with Gasteiger partial charge in [-0.3, -0.25) is 4.79 Å². The summed E-state index contributed by atoms with van der Waals surface area (Å²) in [6.07, 6.45) is 2.09. The van der Waals surface area contributed by atoms with E-state index in [1.165, 1.54) is 0 Å². The minimum Gasteiger partial charge on any atom is -0.484 e. The standard InChI is InChI=1S/C23H24ClN3O3S/c1-14-19-10-16(24)5-8-20(19)31-21(14)12-26-23(29)25-11-15-3-2-4-18(9-15)30-13-22(28)27-17-6-7-17/h2-5,8-10,17H,6-7,11-13H2,1H3,(H,27,28)(H2,25,26,29). The van der Waals surface area contributed by atoms with Crippen molar-refractivity contribution >= 4 is 45.0 Å². The molecule has 3 aromatic rings. The highest BCUT2D eigenvalue weighted by Gasteiger charge is 2.23. The van der Waals surface area contributed by atoms with Crippen LogP contribution in [0.25, 0.3) is 10.1 Å². The second-order valence-corrected chi connectivity index (χ2v) is 9.18. The molecular weight excluding hydrogens is 434 g/mol. The molecule has 0 atom stereocenters. The third-order valence-electron chi connectivity index (χ3n) is 5.07. The Morgan fingerprint density at radius 3 is 2.74 bits per heavy atom. The summed E-state index contributed by atoms with van der Waals surface area (Å²) in [6, 6.07) is 13.3. The molecule has 1 saturated carbocycles. The maximum atomic E-state index is 12.3. The molecule has 0 radical (unpaired) electrons. The number of hydrogen-bond acceptors (Lipinski definition) is 4. The highest BCUT2D eigenvalue weighted by atomic mass is 35.5. The van der Waals surface area contributed by atoms with E-state index in [0.29, 0.717) is 29.9 Å². The van der Waals surface area contributed by atoms with Crippen LogP contribution in [0.15, 0.2) is 42.5 Å². The summed E-state index contributed by atoms with van der Waals surface area (Å²) in [7, 11) is 0. The molecule has 1 fully saturated rings. The van der Waals surface area contributed by atoms with Gasteiger partial charge in [-0.15, -0.1) is 11.3 Å². The Hall–Kier alpha value is -2.77. The van der Waals surface area contributed by atoms with Crippen LogP contribution < -0.4 is 20.7 Å². The Kier molecular flexibility index (Phi) is 6.63. The molecule has 1 aliphatic rings. The number of hydrogen-bond donors (Lipinski definition) is 3. The topological polar surface area (TPSA) is 79.5 Å². The van der Waals surface area contributed by atoms with Crippen molar-refractivity contribution < 1.29 is 14.3 Å². The van der Waals surface area contributed by atoms with Gasteiger partial charge in [-0.25, -0.2) is 4.79 Å². The number of aryl methyl sites for hydroxylation is 1. The zero-order valence-corrected chi connectivity index (χ0v) is 18.7. The summed E-state index contributed by atoms with van der Waals surface area (Å²) < 4.78 is 6.71. The van der Waals surface area contributed by atoms with E-state index >= 15 is 0 Å². The predicted molar refractivity (Wildman–Crippen MR) is 124 cm³/mol. The van der Waals surface area contributed by atoms with Crippen molar-refractivity contribution in [1.29, 1.82) is 0 Å². The van der Waals surface area contributed by atoms with E-state index in [1.807, 2.05) is 43.3 Å². The molecule has 0 aliphatic heterocycles. The Bertz CT molecular complexity index is 1110. The minimum absolute atomic E-state index is 0.00635. The largest absolute Gasteiger partial charge is 0.484 e. The van der Waals surface area contributed by atoms with E-state index in [-0.39, 0.29) is 18.5 Å². The van der Waals surface area contributed by atoms with Crippen LogP contribution in [0.1, 0.15) is 28.8 Å². The van der Waals surface area contributed by atoms with Crippen LogP contribution in [0, 0.1) is 6.92 Å². The van der Waals surface area contributed by atoms with Crippen molar-refractivity contribution in [3.05, 3.63) is 63.5 Å². The molecule has 1 heterocycles. The normalized spacial score (nSPS) is 13.1. The zero-order chi connectivity index (χ0) is 21.8. The van der Waals surface area contributed by atoms with Gasteiger partial charge in [-0.2, -0.15) is 0 Å². The molecule has 4 rings (SSSR count). The van der Waals surface area contributed by atoms with Crippen LogP contribution in [0.5, 0.6) is 5.75 Å². The molecule has 6 nitrogen and oxygen atoms in total. The van der Waals surface area contributed by atoms with Crippen molar-refractivity contribution in [2.24, 2.45) is 0 Å². The van der Waals surface area contributed by atoms with Gasteiger partial charge in [0.2, 0.25) is 0 Å². The number of rotatable bonds is 8. The lowest BCUT2D eigenvalue weighted by Gasteiger charge is -2.10. The Labute approximate surface area is 189 Å². The predicted octanol–water partition coefficient (Wildman–Crippen LogP) is 4.52. The van der Waals surface area contributed by atoms with Crippen LogP contribution in [-0.2, 0) is 17.9 Å². The number of amides is 3. The van der Waals surface area contributed by atoms with E-state index in [1.54, 1.807) is 17.4 Å². The fourth-order valence-electron chi connectivity index (χ4n) is 3.21. The van der Waals surface area contributed by atoms with Crippen LogP contribution >= 0.6 is 22.9 Å².